The maximum Gasteiger partial charge on any atom is 0.233 e. The first-order chi connectivity index (χ1) is 10.1. The summed E-state index contributed by atoms with van der Waals surface area (Å²) in [7, 11) is 0. The highest BCUT2D eigenvalue weighted by molar-refractivity contribution is 6.31. The van der Waals surface area contributed by atoms with Crippen LogP contribution >= 0.6 is 23.2 Å². The third-order valence-corrected chi connectivity index (χ3v) is 3.80. The van der Waals surface area contributed by atoms with Gasteiger partial charge in [-0.3, -0.25) is 0 Å². The van der Waals surface area contributed by atoms with Crippen LogP contribution in [0, 0.1) is 0 Å². The van der Waals surface area contributed by atoms with E-state index < -0.39 is 0 Å². The van der Waals surface area contributed by atoms with Crippen molar-refractivity contribution < 1.29 is 5.21 Å². The Balaban J connectivity index is 2.24. The molecule has 2 aromatic rings. The Morgan fingerprint density at radius 2 is 1.38 bits per heavy atom. The van der Waals surface area contributed by atoms with E-state index in [1.54, 1.807) is 17.0 Å². The number of oxime groups is 1. The maximum atomic E-state index is 8.96. The van der Waals surface area contributed by atoms with Crippen LogP contribution in [0.1, 0.15) is 11.1 Å². The average molecular weight is 324 g/mol. The zero-order valence-electron chi connectivity index (χ0n) is 11.2. The van der Waals surface area contributed by atoms with Gasteiger partial charge in [0.2, 0.25) is 5.96 Å². The van der Waals surface area contributed by atoms with Crippen molar-refractivity contribution in [3.63, 3.8) is 0 Å². The highest BCUT2D eigenvalue weighted by Gasteiger charge is 2.13. The molecule has 0 unspecified atom stereocenters. The van der Waals surface area contributed by atoms with Gasteiger partial charge in [-0.15, -0.1) is 0 Å². The summed E-state index contributed by atoms with van der Waals surface area (Å²) >= 11 is 12.3. The lowest BCUT2D eigenvalue weighted by Crippen LogP contribution is -2.36. The maximum absolute atomic E-state index is 8.96. The van der Waals surface area contributed by atoms with E-state index in [0.717, 1.165) is 11.1 Å². The number of benzene rings is 2. The van der Waals surface area contributed by atoms with Crippen LogP contribution in [-0.4, -0.2) is 16.1 Å². The van der Waals surface area contributed by atoms with Gasteiger partial charge in [0.15, 0.2) is 0 Å². The molecule has 0 heterocycles. The third-order valence-electron chi connectivity index (χ3n) is 3.06. The van der Waals surface area contributed by atoms with Gasteiger partial charge in [-0.2, -0.15) is 0 Å². The molecule has 0 spiro atoms. The van der Waals surface area contributed by atoms with E-state index in [-0.39, 0.29) is 5.96 Å². The standard InChI is InChI=1S/C15H15Cl2N3O/c16-13-7-3-1-5-11(13)9-20(15(18)19-21)10-12-6-2-4-8-14(12)17/h1-8,21H,9-10H2,(H2,18,19). The summed E-state index contributed by atoms with van der Waals surface area (Å²) in [6, 6.07) is 14.9. The van der Waals surface area contributed by atoms with Crippen molar-refractivity contribution in [3.05, 3.63) is 69.7 Å². The second kappa shape index (κ2) is 7.20. The molecular formula is C15H15Cl2N3O. The number of halogens is 2. The molecule has 21 heavy (non-hydrogen) atoms. The minimum absolute atomic E-state index is 0.00911. The molecule has 0 aliphatic carbocycles. The van der Waals surface area contributed by atoms with Crippen molar-refractivity contribution in [1.82, 2.24) is 4.90 Å². The van der Waals surface area contributed by atoms with Crippen LogP contribution < -0.4 is 5.73 Å². The fraction of sp³-hybridized carbons (Fsp3) is 0.133. The molecule has 6 heteroatoms. The highest BCUT2D eigenvalue weighted by atomic mass is 35.5. The molecule has 2 aromatic carbocycles. The lowest BCUT2D eigenvalue weighted by molar-refractivity contribution is 0.294. The SMILES string of the molecule is N/C(=N\O)N(Cc1ccccc1Cl)Cc1ccccc1Cl. The molecule has 0 aliphatic heterocycles. The molecule has 4 nitrogen and oxygen atoms in total. The summed E-state index contributed by atoms with van der Waals surface area (Å²) in [5.41, 5.74) is 7.53. The number of hydrogen-bond donors (Lipinski definition) is 2. The Labute approximate surface area is 133 Å². The number of hydrogen-bond acceptors (Lipinski definition) is 2. The van der Waals surface area contributed by atoms with Gasteiger partial charge in [0.1, 0.15) is 0 Å². The van der Waals surface area contributed by atoms with Crippen molar-refractivity contribution >= 4 is 29.2 Å². The number of nitrogens with two attached hydrogens (primary N) is 1. The van der Waals surface area contributed by atoms with E-state index in [1.165, 1.54) is 0 Å². The molecule has 0 radical (unpaired) electrons. The van der Waals surface area contributed by atoms with Crippen LogP contribution in [0.4, 0.5) is 0 Å². The normalized spacial score (nSPS) is 11.4. The zero-order chi connectivity index (χ0) is 15.2. The van der Waals surface area contributed by atoms with Gasteiger partial charge in [-0.25, -0.2) is 0 Å². The first-order valence-corrected chi connectivity index (χ1v) is 7.06. The summed E-state index contributed by atoms with van der Waals surface area (Å²) in [5, 5.41) is 13.3. The molecule has 0 atom stereocenters. The zero-order valence-corrected chi connectivity index (χ0v) is 12.7. The predicted octanol–water partition coefficient (Wildman–Crippen LogP) is 3.70. The summed E-state index contributed by atoms with van der Waals surface area (Å²) < 4.78 is 0. The van der Waals surface area contributed by atoms with Gasteiger partial charge in [0.05, 0.1) is 0 Å². The molecule has 2 rings (SSSR count). The van der Waals surface area contributed by atoms with Crippen molar-refractivity contribution in [2.45, 2.75) is 13.1 Å². The van der Waals surface area contributed by atoms with Gasteiger partial charge >= 0.3 is 0 Å². The van der Waals surface area contributed by atoms with E-state index in [0.29, 0.717) is 23.1 Å². The minimum Gasteiger partial charge on any atom is -0.408 e. The second-order valence-corrected chi connectivity index (χ2v) is 5.31. The van der Waals surface area contributed by atoms with Crippen LogP contribution in [0.15, 0.2) is 53.7 Å². The number of guanidine groups is 1. The lowest BCUT2D eigenvalue weighted by atomic mass is 10.1. The first-order valence-electron chi connectivity index (χ1n) is 6.31. The van der Waals surface area contributed by atoms with E-state index in [9.17, 15) is 0 Å². The van der Waals surface area contributed by atoms with Gasteiger partial charge in [-0.1, -0.05) is 64.8 Å². The third kappa shape index (κ3) is 4.03. The highest BCUT2D eigenvalue weighted by Crippen LogP contribution is 2.21. The van der Waals surface area contributed by atoms with Crippen LogP contribution in [-0.2, 0) is 13.1 Å². The van der Waals surface area contributed by atoms with Gasteiger partial charge in [0, 0.05) is 23.1 Å². The molecule has 0 fully saturated rings. The van der Waals surface area contributed by atoms with E-state index in [4.69, 9.17) is 34.1 Å². The van der Waals surface area contributed by atoms with E-state index >= 15 is 0 Å². The Bertz CT molecular complexity index is 599. The Kier molecular flexibility index (Phi) is 5.31. The summed E-state index contributed by atoms with van der Waals surface area (Å²) in [4.78, 5) is 1.70. The van der Waals surface area contributed by atoms with Crippen LogP contribution in [0.2, 0.25) is 10.0 Å². The molecule has 0 saturated carbocycles. The molecule has 110 valence electrons. The average Bonchev–Trinajstić information content (AvgIpc) is 2.50. The Hall–Kier alpha value is -1.91. The van der Waals surface area contributed by atoms with E-state index in [1.807, 2.05) is 36.4 Å². The fourth-order valence-corrected chi connectivity index (χ4v) is 2.34. The van der Waals surface area contributed by atoms with Gasteiger partial charge < -0.3 is 15.8 Å². The topological polar surface area (TPSA) is 61.9 Å². The Morgan fingerprint density at radius 1 is 0.952 bits per heavy atom. The number of rotatable bonds is 4. The fourth-order valence-electron chi connectivity index (χ4n) is 1.95. The molecule has 0 saturated heterocycles. The number of nitrogens with zero attached hydrogens (tertiary/aromatic N) is 2. The summed E-state index contributed by atoms with van der Waals surface area (Å²) in [6.45, 7) is 0.835. The minimum atomic E-state index is 0.00911. The predicted molar refractivity (Wildman–Crippen MR) is 85.6 cm³/mol. The quantitative estimate of drug-likeness (QED) is 0.390. The molecule has 0 aromatic heterocycles. The molecule has 0 aliphatic rings. The van der Waals surface area contributed by atoms with Crippen molar-refractivity contribution in [2.24, 2.45) is 10.9 Å². The molecular weight excluding hydrogens is 309 g/mol. The van der Waals surface area contributed by atoms with Gasteiger partial charge in [-0.05, 0) is 23.3 Å². The monoisotopic (exact) mass is 323 g/mol. The van der Waals surface area contributed by atoms with Crippen LogP contribution in [0.5, 0.6) is 0 Å². The molecule has 3 N–H and O–H groups in total. The largest absolute Gasteiger partial charge is 0.408 e. The van der Waals surface area contributed by atoms with Crippen LogP contribution in [0.25, 0.3) is 0 Å². The lowest BCUT2D eigenvalue weighted by Gasteiger charge is -2.23. The van der Waals surface area contributed by atoms with Gasteiger partial charge in [0.25, 0.3) is 0 Å². The smallest absolute Gasteiger partial charge is 0.233 e. The first kappa shape index (κ1) is 15.5. The molecule has 0 amide bonds. The van der Waals surface area contributed by atoms with Crippen molar-refractivity contribution in [2.75, 3.05) is 0 Å². The summed E-state index contributed by atoms with van der Waals surface area (Å²) in [5.74, 6) is 0.00911. The molecule has 0 bridgehead atoms. The summed E-state index contributed by atoms with van der Waals surface area (Å²) in [6.07, 6.45) is 0. The second-order valence-electron chi connectivity index (χ2n) is 4.50. The Morgan fingerprint density at radius 3 is 1.76 bits per heavy atom. The van der Waals surface area contributed by atoms with Crippen molar-refractivity contribution in [3.8, 4) is 0 Å². The van der Waals surface area contributed by atoms with Crippen LogP contribution in [0.3, 0.4) is 0 Å². The van der Waals surface area contributed by atoms with E-state index in [2.05, 4.69) is 5.16 Å². The van der Waals surface area contributed by atoms with Crippen molar-refractivity contribution in [1.29, 1.82) is 0 Å².